The number of amides is 1. The highest BCUT2D eigenvalue weighted by Crippen LogP contribution is 2.29. The van der Waals surface area contributed by atoms with Crippen LogP contribution in [0.15, 0.2) is 12.1 Å². The van der Waals surface area contributed by atoms with Crippen LogP contribution in [0.5, 0.6) is 0 Å². The van der Waals surface area contributed by atoms with E-state index in [1.54, 1.807) is 6.92 Å². The van der Waals surface area contributed by atoms with Crippen molar-refractivity contribution in [2.24, 2.45) is 0 Å². The Hall–Kier alpha value is -1.13. The molecule has 1 N–H and O–H groups in total. The first-order chi connectivity index (χ1) is 7.97. The van der Waals surface area contributed by atoms with Crippen LogP contribution < -0.4 is 5.32 Å². The van der Waals surface area contributed by atoms with Gasteiger partial charge in [0.05, 0.1) is 10.2 Å². The number of nitrogens with zero attached hydrogens (tertiary/aromatic N) is 1. The molecule has 3 nitrogen and oxygen atoms in total. The predicted molar refractivity (Wildman–Crippen MR) is 73.0 cm³/mol. The molecule has 0 saturated heterocycles. The zero-order valence-corrected chi connectivity index (χ0v) is 11.4. The van der Waals surface area contributed by atoms with E-state index in [-0.39, 0.29) is 5.91 Å². The van der Waals surface area contributed by atoms with Crippen molar-refractivity contribution in [3.05, 3.63) is 23.3 Å². The number of anilines is 1. The highest BCUT2D eigenvalue weighted by atomic mass is 35.5. The molecule has 1 heterocycles. The third kappa shape index (κ3) is 2.58. The smallest absolute Gasteiger partial charge is 0.243 e. The molecule has 5 heteroatoms. The molecular weight excluding hydrogens is 256 g/mol. The molecule has 0 aliphatic heterocycles. The van der Waals surface area contributed by atoms with Crippen LogP contribution in [0, 0.1) is 13.8 Å². The van der Waals surface area contributed by atoms with Crippen LogP contribution in [-0.2, 0) is 4.79 Å². The van der Waals surface area contributed by atoms with E-state index in [0.29, 0.717) is 5.13 Å². The molecule has 17 heavy (non-hydrogen) atoms. The minimum absolute atomic E-state index is 0.222. The molecule has 0 saturated carbocycles. The number of benzene rings is 1. The Labute approximate surface area is 109 Å². The van der Waals surface area contributed by atoms with Crippen molar-refractivity contribution in [2.45, 2.75) is 26.1 Å². The summed E-state index contributed by atoms with van der Waals surface area (Å²) in [6, 6.07) is 4.15. The number of alkyl halides is 1. The highest BCUT2D eigenvalue weighted by molar-refractivity contribution is 7.22. The maximum Gasteiger partial charge on any atom is 0.243 e. The van der Waals surface area contributed by atoms with Crippen LogP contribution in [0.1, 0.15) is 18.1 Å². The van der Waals surface area contributed by atoms with Gasteiger partial charge >= 0.3 is 0 Å². The van der Waals surface area contributed by atoms with Crippen molar-refractivity contribution < 1.29 is 4.79 Å². The lowest BCUT2D eigenvalue weighted by molar-refractivity contribution is -0.115. The zero-order valence-electron chi connectivity index (χ0n) is 9.87. The third-order valence-electron chi connectivity index (χ3n) is 2.42. The zero-order chi connectivity index (χ0) is 12.6. The van der Waals surface area contributed by atoms with Crippen molar-refractivity contribution in [1.82, 2.24) is 4.98 Å². The van der Waals surface area contributed by atoms with Gasteiger partial charge in [-0.2, -0.15) is 0 Å². The number of rotatable bonds is 2. The van der Waals surface area contributed by atoms with E-state index in [1.165, 1.54) is 16.9 Å². The summed E-state index contributed by atoms with van der Waals surface area (Å²) >= 11 is 7.17. The monoisotopic (exact) mass is 268 g/mol. The molecule has 1 aromatic carbocycles. The minimum atomic E-state index is -0.551. The number of hydrogen-bond acceptors (Lipinski definition) is 3. The predicted octanol–water partition coefficient (Wildman–Crippen LogP) is 3.48. The van der Waals surface area contributed by atoms with E-state index in [9.17, 15) is 4.79 Å². The summed E-state index contributed by atoms with van der Waals surface area (Å²) in [5.41, 5.74) is 3.26. The van der Waals surface area contributed by atoms with E-state index >= 15 is 0 Å². The number of carbonyl (C=O) groups excluding carboxylic acids is 1. The second-order valence-corrected chi connectivity index (χ2v) is 5.74. The highest BCUT2D eigenvalue weighted by Gasteiger charge is 2.13. The van der Waals surface area contributed by atoms with Crippen LogP contribution in [0.4, 0.5) is 5.13 Å². The van der Waals surface area contributed by atoms with Crippen LogP contribution in [0.3, 0.4) is 0 Å². The molecule has 1 atom stereocenters. The van der Waals surface area contributed by atoms with Crippen molar-refractivity contribution in [2.75, 3.05) is 5.32 Å². The Balaban J connectivity index is 2.38. The molecule has 0 spiro atoms. The number of fused-ring (bicyclic) bond motifs is 1. The first kappa shape index (κ1) is 12.3. The number of hydrogen-bond donors (Lipinski definition) is 1. The van der Waals surface area contributed by atoms with E-state index in [0.717, 1.165) is 15.8 Å². The van der Waals surface area contributed by atoms with E-state index in [1.807, 2.05) is 13.8 Å². The molecule has 0 fully saturated rings. The van der Waals surface area contributed by atoms with Crippen LogP contribution in [0.25, 0.3) is 10.2 Å². The lowest BCUT2D eigenvalue weighted by Crippen LogP contribution is -2.19. The Bertz CT molecular complexity index is 577. The van der Waals surface area contributed by atoms with Gasteiger partial charge in [0.1, 0.15) is 5.38 Å². The van der Waals surface area contributed by atoms with Gasteiger partial charge in [-0.25, -0.2) is 4.98 Å². The van der Waals surface area contributed by atoms with Gasteiger partial charge in [-0.1, -0.05) is 17.4 Å². The van der Waals surface area contributed by atoms with Crippen molar-refractivity contribution in [1.29, 1.82) is 0 Å². The molecule has 1 unspecified atom stereocenters. The second-order valence-electron chi connectivity index (χ2n) is 4.05. The number of thiazole rings is 1. The maximum atomic E-state index is 11.5. The van der Waals surface area contributed by atoms with Gasteiger partial charge in [0.15, 0.2) is 5.13 Å². The van der Waals surface area contributed by atoms with Crippen molar-refractivity contribution in [3.8, 4) is 0 Å². The quantitative estimate of drug-likeness (QED) is 0.848. The summed E-state index contributed by atoms with van der Waals surface area (Å²) in [5, 5.41) is 2.77. The number of carbonyl (C=O) groups is 1. The normalized spacial score (nSPS) is 12.7. The summed E-state index contributed by atoms with van der Waals surface area (Å²) in [7, 11) is 0. The fourth-order valence-electron chi connectivity index (χ4n) is 1.63. The molecular formula is C12H13ClN2OS. The van der Waals surface area contributed by atoms with Gasteiger partial charge in [0.25, 0.3) is 0 Å². The van der Waals surface area contributed by atoms with Gasteiger partial charge in [-0.15, -0.1) is 11.6 Å². The second kappa shape index (κ2) is 4.63. The summed E-state index contributed by atoms with van der Waals surface area (Å²) in [6.45, 7) is 5.70. The molecule has 2 rings (SSSR count). The third-order valence-corrected chi connectivity index (χ3v) is 3.54. The van der Waals surface area contributed by atoms with Gasteiger partial charge in [0.2, 0.25) is 5.91 Å². The molecule has 0 radical (unpaired) electrons. The number of aryl methyl sites for hydroxylation is 2. The largest absolute Gasteiger partial charge is 0.301 e. The van der Waals surface area contributed by atoms with E-state index in [2.05, 4.69) is 22.4 Å². The fraction of sp³-hybridized carbons (Fsp3) is 0.333. The Morgan fingerprint density at radius 3 is 2.82 bits per heavy atom. The van der Waals surface area contributed by atoms with Crippen molar-refractivity contribution >= 4 is 44.2 Å². The molecule has 2 aromatic rings. The molecule has 1 amide bonds. The average molecular weight is 269 g/mol. The van der Waals surface area contributed by atoms with Gasteiger partial charge in [-0.05, 0) is 38.0 Å². The van der Waals surface area contributed by atoms with E-state index in [4.69, 9.17) is 11.6 Å². The van der Waals surface area contributed by atoms with E-state index < -0.39 is 5.38 Å². The van der Waals surface area contributed by atoms with Crippen molar-refractivity contribution in [3.63, 3.8) is 0 Å². The number of nitrogens with one attached hydrogen (secondary N) is 1. The molecule has 1 aromatic heterocycles. The number of halogens is 1. The lowest BCUT2D eigenvalue weighted by Gasteiger charge is -2.01. The van der Waals surface area contributed by atoms with Crippen LogP contribution >= 0.6 is 22.9 Å². The van der Waals surface area contributed by atoms with Gasteiger partial charge < -0.3 is 5.32 Å². The Morgan fingerprint density at radius 2 is 2.18 bits per heavy atom. The fourth-order valence-corrected chi connectivity index (χ4v) is 2.73. The van der Waals surface area contributed by atoms with Crippen LogP contribution in [-0.4, -0.2) is 16.3 Å². The average Bonchev–Trinajstić information content (AvgIpc) is 2.60. The molecule has 90 valence electrons. The molecule has 0 aliphatic carbocycles. The minimum Gasteiger partial charge on any atom is -0.301 e. The Kier molecular flexibility index (Phi) is 3.35. The SMILES string of the molecule is Cc1cc(C)c2nc(NC(=O)C(C)Cl)sc2c1. The Morgan fingerprint density at radius 1 is 1.47 bits per heavy atom. The first-order valence-electron chi connectivity index (χ1n) is 5.30. The summed E-state index contributed by atoms with van der Waals surface area (Å²) in [6.07, 6.45) is 0. The topological polar surface area (TPSA) is 42.0 Å². The standard InChI is InChI=1S/C12H13ClN2OS/c1-6-4-7(2)10-9(5-6)17-12(14-10)15-11(16)8(3)13/h4-5,8H,1-3H3,(H,14,15,16). The maximum absolute atomic E-state index is 11.5. The molecule has 0 aliphatic rings. The number of aromatic nitrogens is 1. The summed E-state index contributed by atoms with van der Waals surface area (Å²) in [4.78, 5) is 15.9. The summed E-state index contributed by atoms with van der Waals surface area (Å²) < 4.78 is 1.08. The summed E-state index contributed by atoms with van der Waals surface area (Å²) in [5.74, 6) is -0.222. The van der Waals surface area contributed by atoms with Crippen LogP contribution in [0.2, 0.25) is 0 Å². The van der Waals surface area contributed by atoms with Gasteiger partial charge in [-0.3, -0.25) is 4.79 Å². The first-order valence-corrected chi connectivity index (χ1v) is 6.55. The van der Waals surface area contributed by atoms with Gasteiger partial charge in [0, 0.05) is 0 Å². The molecule has 0 bridgehead atoms. The lowest BCUT2D eigenvalue weighted by atomic mass is 10.1.